The number of hydrogen-bond donors (Lipinski definition) is 1. The largest absolute Gasteiger partial charge is 0.497 e. The molecule has 2 N–H and O–H groups in total. The molecule has 0 aliphatic heterocycles. The minimum Gasteiger partial charge on any atom is -0.497 e. The van der Waals surface area contributed by atoms with Crippen LogP contribution in [0.1, 0.15) is 19.4 Å². The molecule has 1 aromatic rings. The predicted octanol–water partition coefficient (Wildman–Crippen LogP) is 2.25. The molecule has 88 valence electrons. The van der Waals surface area contributed by atoms with Crippen LogP contribution in [-0.2, 0) is 6.42 Å². The Morgan fingerprint density at radius 1 is 1.31 bits per heavy atom. The van der Waals surface area contributed by atoms with Gasteiger partial charge in [-0.1, -0.05) is 26.0 Å². The molecule has 0 amide bonds. The van der Waals surface area contributed by atoms with E-state index in [0.29, 0.717) is 5.92 Å². The van der Waals surface area contributed by atoms with Gasteiger partial charge in [0.15, 0.2) is 0 Å². The first-order valence-electron chi connectivity index (χ1n) is 5.56. The lowest BCUT2D eigenvalue weighted by molar-refractivity contribution is 0.414. The molecule has 1 aromatic carbocycles. The number of nitrogens with two attached hydrogens (primary N) is 1. The summed E-state index contributed by atoms with van der Waals surface area (Å²) in [7, 11) is 1.67. The molecule has 16 heavy (non-hydrogen) atoms. The van der Waals surface area contributed by atoms with Crippen LogP contribution in [0, 0.1) is 5.92 Å². The Bertz CT molecular complexity index is 341. The van der Waals surface area contributed by atoms with E-state index < -0.39 is 0 Å². The second kappa shape index (κ2) is 6.16. The molecule has 1 rings (SSSR count). The molecule has 0 aliphatic rings. The van der Waals surface area contributed by atoms with Crippen LogP contribution in [0.4, 0.5) is 0 Å². The van der Waals surface area contributed by atoms with Crippen molar-refractivity contribution in [3.05, 3.63) is 29.8 Å². The Hall–Kier alpha value is -1.51. The molecule has 0 radical (unpaired) electrons. The summed E-state index contributed by atoms with van der Waals surface area (Å²) in [6.45, 7) is 4.84. The van der Waals surface area contributed by atoms with E-state index in [2.05, 4.69) is 17.1 Å². The molecule has 0 atom stereocenters. The van der Waals surface area contributed by atoms with Crippen LogP contribution in [0.3, 0.4) is 0 Å². The maximum Gasteiger partial charge on any atom is 0.118 e. The van der Waals surface area contributed by atoms with Gasteiger partial charge in [-0.3, -0.25) is 4.99 Å². The first-order chi connectivity index (χ1) is 7.63. The summed E-state index contributed by atoms with van der Waals surface area (Å²) in [4.78, 5) is 4.32. The molecule has 0 unspecified atom stereocenters. The zero-order chi connectivity index (χ0) is 12.0. The summed E-state index contributed by atoms with van der Waals surface area (Å²) in [6.07, 6.45) is 0.914. The first kappa shape index (κ1) is 12.6. The number of ether oxygens (including phenoxy) is 1. The molecule has 0 fully saturated rings. The number of nitrogens with zero attached hydrogens (tertiary/aromatic N) is 1. The fraction of sp³-hybridized carbons (Fsp3) is 0.462. The second-order valence-corrected chi connectivity index (χ2v) is 4.06. The fourth-order valence-corrected chi connectivity index (χ4v) is 1.29. The molecule has 0 heterocycles. The summed E-state index contributed by atoms with van der Waals surface area (Å²) < 4.78 is 5.10. The van der Waals surface area contributed by atoms with Gasteiger partial charge in [0.2, 0.25) is 0 Å². The Kier molecular flexibility index (Phi) is 4.83. The third-order valence-corrected chi connectivity index (χ3v) is 2.45. The number of rotatable bonds is 5. The van der Waals surface area contributed by atoms with Gasteiger partial charge in [0.1, 0.15) is 5.75 Å². The molecule has 0 aliphatic carbocycles. The van der Waals surface area contributed by atoms with Gasteiger partial charge in [0.25, 0.3) is 0 Å². The number of aliphatic imine (C=N–C) groups is 1. The SMILES string of the molecule is COc1ccc(CCN=C(N)C(C)C)cc1. The van der Waals surface area contributed by atoms with Crippen molar-refractivity contribution in [3.63, 3.8) is 0 Å². The van der Waals surface area contributed by atoms with Gasteiger partial charge in [-0.15, -0.1) is 0 Å². The van der Waals surface area contributed by atoms with Crippen LogP contribution < -0.4 is 10.5 Å². The van der Waals surface area contributed by atoms with Crippen molar-refractivity contribution < 1.29 is 4.74 Å². The summed E-state index contributed by atoms with van der Waals surface area (Å²) in [6, 6.07) is 8.04. The van der Waals surface area contributed by atoms with Crippen LogP contribution in [0.5, 0.6) is 5.75 Å². The molecule has 3 heteroatoms. The van der Waals surface area contributed by atoms with Crippen molar-refractivity contribution in [2.45, 2.75) is 20.3 Å². The van der Waals surface area contributed by atoms with E-state index in [1.807, 2.05) is 26.0 Å². The lowest BCUT2D eigenvalue weighted by atomic mass is 10.1. The molecule has 0 spiro atoms. The summed E-state index contributed by atoms with van der Waals surface area (Å²) in [5.41, 5.74) is 7.01. The van der Waals surface area contributed by atoms with Gasteiger partial charge in [-0.25, -0.2) is 0 Å². The minimum absolute atomic E-state index is 0.330. The highest BCUT2D eigenvalue weighted by atomic mass is 16.5. The minimum atomic E-state index is 0.330. The van der Waals surface area contributed by atoms with Crippen LogP contribution in [0.15, 0.2) is 29.3 Å². The number of methoxy groups -OCH3 is 1. The lowest BCUT2D eigenvalue weighted by Gasteiger charge is -2.04. The third-order valence-electron chi connectivity index (χ3n) is 2.45. The zero-order valence-electron chi connectivity index (χ0n) is 10.2. The first-order valence-corrected chi connectivity index (χ1v) is 5.56. The number of benzene rings is 1. The van der Waals surface area contributed by atoms with E-state index in [1.54, 1.807) is 7.11 Å². The Morgan fingerprint density at radius 3 is 2.44 bits per heavy atom. The predicted molar refractivity (Wildman–Crippen MR) is 68.0 cm³/mol. The van der Waals surface area contributed by atoms with Crippen molar-refractivity contribution >= 4 is 5.84 Å². The Balaban J connectivity index is 2.46. The van der Waals surface area contributed by atoms with Crippen molar-refractivity contribution in [2.24, 2.45) is 16.6 Å². The van der Waals surface area contributed by atoms with Gasteiger partial charge in [0, 0.05) is 12.5 Å². The van der Waals surface area contributed by atoms with Crippen molar-refractivity contribution in [1.82, 2.24) is 0 Å². The van der Waals surface area contributed by atoms with E-state index in [0.717, 1.165) is 24.6 Å². The van der Waals surface area contributed by atoms with E-state index >= 15 is 0 Å². The maximum absolute atomic E-state index is 5.76. The second-order valence-electron chi connectivity index (χ2n) is 4.06. The van der Waals surface area contributed by atoms with Gasteiger partial charge in [-0.05, 0) is 24.1 Å². The smallest absolute Gasteiger partial charge is 0.118 e. The van der Waals surface area contributed by atoms with Gasteiger partial charge < -0.3 is 10.5 Å². The van der Waals surface area contributed by atoms with Crippen molar-refractivity contribution in [2.75, 3.05) is 13.7 Å². The summed E-state index contributed by atoms with van der Waals surface area (Å²) in [5, 5.41) is 0. The molecule has 0 aromatic heterocycles. The molecule has 0 saturated carbocycles. The number of hydrogen-bond acceptors (Lipinski definition) is 2. The monoisotopic (exact) mass is 220 g/mol. The highest BCUT2D eigenvalue weighted by molar-refractivity contribution is 5.82. The highest BCUT2D eigenvalue weighted by Gasteiger charge is 1.98. The van der Waals surface area contributed by atoms with Crippen molar-refractivity contribution in [1.29, 1.82) is 0 Å². The molecular weight excluding hydrogens is 200 g/mol. The van der Waals surface area contributed by atoms with Gasteiger partial charge in [-0.2, -0.15) is 0 Å². The van der Waals surface area contributed by atoms with Crippen LogP contribution in [0.25, 0.3) is 0 Å². The van der Waals surface area contributed by atoms with Crippen molar-refractivity contribution in [3.8, 4) is 5.75 Å². The van der Waals surface area contributed by atoms with Crippen LogP contribution in [0.2, 0.25) is 0 Å². The molecule has 0 saturated heterocycles. The summed E-state index contributed by atoms with van der Waals surface area (Å²) in [5.74, 6) is 1.94. The molecular formula is C13H20N2O. The maximum atomic E-state index is 5.76. The standard InChI is InChI=1S/C13H20N2O/c1-10(2)13(14)15-9-8-11-4-6-12(16-3)7-5-11/h4-7,10H,8-9H2,1-3H3,(H2,14,15). The normalized spacial score (nSPS) is 11.9. The van der Waals surface area contributed by atoms with E-state index in [4.69, 9.17) is 10.5 Å². The average molecular weight is 220 g/mol. The van der Waals surface area contributed by atoms with E-state index in [9.17, 15) is 0 Å². The zero-order valence-corrected chi connectivity index (χ0v) is 10.2. The van der Waals surface area contributed by atoms with E-state index in [-0.39, 0.29) is 0 Å². The number of amidine groups is 1. The van der Waals surface area contributed by atoms with Crippen LogP contribution >= 0.6 is 0 Å². The van der Waals surface area contributed by atoms with Gasteiger partial charge in [0.05, 0.1) is 12.9 Å². The van der Waals surface area contributed by atoms with Gasteiger partial charge >= 0.3 is 0 Å². The topological polar surface area (TPSA) is 47.6 Å². The molecule has 3 nitrogen and oxygen atoms in total. The summed E-state index contributed by atoms with van der Waals surface area (Å²) >= 11 is 0. The average Bonchev–Trinajstić information content (AvgIpc) is 2.29. The fourth-order valence-electron chi connectivity index (χ4n) is 1.29. The third kappa shape index (κ3) is 3.93. The highest BCUT2D eigenvalue weighted by Crippen LogP contribution is 2.11. The lowest BCUT2D eigenvalue weighted by Crippen LogP contribution is -2.19. The van der Waals surface area contributed by atoms with Crippen LogP contribution in [-0.4, -0.2) is 19.5 Å². The molecule has 0 bridgehead atoms. The quantitative estimate of drug-likeness (QED) is 0.611. The Morgan fingerprint density at radius 2 is 1.94 bits per heavy atom. The Labute approximate surface area is 97.3 Å². The van der Waals surface area contributed by atoms with E-state index in [1.165, 1.54) is 5.56 Å².